The topological polar surface area (TPSA) is 89.0 Å². The van der Waals surface area contributed by atoms with Crippen LogP contribution in [0.2, 0.25) is 0 Å². The Morgan fingerprint density at radius 1 is 1.03 bits per heavy atom. The maximum Gasteiger partial charge on any atom is 0.304 e. The second-order valence-electron chi connectivity index (χ2n) is 5.53. The Labute approximate surface area is 161 Å². The average Bonchev–Trinajstić information content (AvgIpc) is 2.71. The molecule has 2 N–H and O–H groups in total. The quantitative estimate of drug-likeness (QED) is 0.577. The van der Waals surface area contributed by atoms with Gasteiger partial charge in [0.15, 0.2) is 0 Å². The zero-order valence-corrected chi connectivity index (χ0v) is 14.5. The van der Waals surface area contributed by atoms with E-state index in [0.717, 1.165) is 12.3 Å². The summed E-state index contributed by atoms with van der Waals surface area (Å²) in [5.41, 5.74) is 0.297. The Kier molecular flexibility index (Phi) is 6.17. The standard InChI is InChI=1S/C18H13F4N5O2/c19-10-1-3-11(4-2-10)25-18-24-8-5-12(27-18)17(28)26-13-9-23-7-6-14(13)29-16(22)15(20)21/h1-9,15-16H,(H,26,28)(H,24,25,27). The fourth-order valence-electron chi connectivity index (χ4n) is 2.15. The number of rotatable bonds is 7. The maximum atomic E-state index is 13.2. The lowest BCUT2D eigenvalue weighted by atomic mass is 10.3. The Bertz CT molecular complexity index is 988. The predicted molar refractivity (Wildman–Crippen MR) is 95.4 cm³/mol. The van der Waals surface area contributed by atoms with Crippen LogP contribution in [-0.2, 0) is 0 Å². The molecule has 0 saturated carbocycles. The molecular weight excluding hydrogens is 394 g/mol. The monoisotopic (exact) mass is 407 g/mol. The second kappa shape index (κ2) is 8.95. The number of carbonyl (C=O) groups is 1. The van der Waals surface area contributed by atoms with E-state index in [2.05, 4.69) is 30.3 Å². The lowest BCUT2D eigenvalue weighted by Gasteiger charge is -2.14. The largest absolute Gasteiger partial charge is 0.452 e. The van der Waals surface area contributed by atoms with Crippen molar-refractivity contribution in [3.8, 4) is 5.75 Å². The maximum absolute atomic E-state index is 13.2. The van der Waals surface area contributed by atoms with Crippen LogP contribution in [0.1, 0.15) is 10.5 Å². The molecule has 1 aromatic carbocycles. The number of amides is 1. The number of halogens is 4. The van der Waals surface area contributed by atoms with Crippen LogP contribution in [0, 0.1) is 5.82 Å². The van der Waals surface area contributed by atoms with Gasteiger partial charge in [-0.3, -0.25) is 9.78 Å². The molecule has 3 aromatic rings. The van der Waals surface area contributed by atoms with E-state index < -0.39 is 24.5 Å². The Hall–Kier alpha value is -3.76. The van der Waals surface area contributed by atoms with Crippen molar-refractivity contribution < 1.29 is 27.1 Å². The summed E-state index contributed by atoms with van der Waals surface area (Å²) in [5, 5.41) is 5.17. The van der Waals surface area contributed by atoms with E-state index >= 15 is 0 Å². The summed E-state index contributed by atoms with van der Waals surface area (Å²) in [6, 6.07) is 7.83. The molecule has 0 fully saturated rings. The van der Waals surface area contributed by atoms with Crippen molar-refractivity contribution in [3.05, 3.63) is 66.5 Å². The number of nitrogens with one attached hydrogen (secondary N) is 2. The summed E-state index contributed by atoms with van der Waals surface area (Å²) in [6.07, 6.45) is -2.60. The molecule has 0 radical (unpaired) electrons. The highest BCUT2D eigenvalue weighted by molar-refractivity contribution is 6.03. The highest BCUT2D eigenvalue weighted by Crippen LogP contribution is 2.26. The van der Waals surface area contributed by atoms with Crippen LogP contribution in [0.15, 0.2) is 55.0 Å². The van der Waals surface area contributed by atoms with Crippen LogP contribution in [-0.4, -0.2) is 33.6 Å². The van der Waals surface area contributed by atoms with Gasteiger partial charge in [0.25, 0.3) is 12.3 Å². The molecule has 0 aliphatic heterocycles. The van der Waals surface area contributed by atoms with Gasteiger partial charge in [-0.2, -0.15) is 4.39 Å². The van der Waals surface area contributed by atoms with Crippen LogP contribution < -0.4 is 15.4 Å². The van der Waals surface area contributed by atoms with Gasteiger partial charge < -0.3 is 15.4 Å². The molecule has 1 atom stereocenters. The number of aromatic nitrogens is 3. The van der Waals surface area contributed by atoms with E-state index in [0.29, 0.717) is 5.69 Å². The first-order chi connectivity index (χ1) is 13.9. The summed E-state index contributed by atoms with van der Waals surface area (Å²) in [6.45, 7) is 0. The Morgan fingerprint density at radius 3 is 2.52 bits per heavy atom. The molecule has 2 heterocycles. The number of nitrogens with zero attached hydrogens (tertiary/aromatic N) is 3. The third-order valence-corrected chi connectivity index (χ3v) is 3.46. The number of ether oxygens (including phenoxy) is 1. The van der Waals surface area contributed by atoms with E-state index in [1.807, 2.05) is 0 Å². The van der Waals surface area contributed by atoms with Crippen LogP contribution in [0.5, 0.6) is 5.75 Å². The number of carbonyl (C=O) groups excluding carboxylic acids is 1. The molecule has 0 bridgehead atoms. The molecule has 0 saturated heterocycles. The molecule has 2 aromatic heterocycles. The van der Waals surface area contributed by atoms with Gasteiger partial charge >= 0.3 is 6.43 Å². The molecule has 0 spiro atoms. The van der Waals surface area contributed by atoms with Crippen molar-refractivity contribution in [2.24, 2.45) is 0 Å². The number of hydrogen-bond donors (Lipinski definition) is 2. The molecule has 0 aliphatic carbocycles. The Balaban J connectivity index is 1.74. The summed E-state index contributed by atoms with van der Waals surface area (Å²) >= 11 is 0. The molecule has 3 rings (SSSR count). The number of benzene rings is 1. The third-order valence-electron chi connectivity index (χ3n) is 3.46. The first-order valence-electron chi connectivity index (χ1n) is 8.12. The fourth-order valence-corrected chi connectivity index (χ4v) is 2.15. The van der Waals surface area contributed by atoms with Gasteiger partial charge in [0.1, 0.15) is 22.9 Å². The summed E-state index contributed by atoms with van der Waals surface area (Å²) in [7, 11) is 0. The zero-order valence-electron chi connectivity index (χ0n) is 14.5. The molecule has 150 valence electrons. The van der Waals surface area contributed by atoms with Crippen molar-refractivity contribution >= 4 is 23.2 Å². The molecular formula is C18H13F4N5O2. The van der Waals surface area contributed by atoms with Gasteiger partial charge in [-0.1, -0.05) is 0 Å². The van der Waals surface area contributed by atoms with Gasteiger partial charge in [-0.25, -0.2) is 23.1 Å². The second-order valence-corrected chi connectivity index (χ2v) is 5.53. The van der Waals surface area contributed by atoms with E-state index in [1.54, 1.807) is 0 Å². The van der Waals surface area contributed by atoms with Crippen LogP contribution >= 0.6 is 0 Å². The number of alkyl halides is 3. The van der Waals surface area contributed by atoms with Crippen molar-refractivity contribution in [2.75, 3.05) is 10.6 Å². The highest BCUT2D eigenvalue weighted by Gasteiger charge is 2.23. The Morgan fingerprint density at radius 2 is 1.79 bits per heavy atom. The number of anilines is 3. The van der Waals surface area contributed by atoms with Crippen LogP contribution in [0.25, 0.3) is 0 Å². The molecule has 0 aliphatic rings. The molecule has 1 unspecified atom stereocenters. The summed E-state index contributed by atoms with van der Waals surface area (Å²) in [4.78, 5) is 24.2. The van der Waals surface area contributed by atoms with E-state index in [-0.39, 0.29) is 23.1 Å². The lowest BCUT2D eigenvalue weighted by molar-refractivity contribution is -0.0665. The SMILES string of the molecule is O=C(Nc1cnccc1OC(F)C(F)F)c1ccnc(Nc2ccc(F)cc2)n1. The van der Waals surface area contributed by atoms with E-state index in [1.165, 1.54) is 42.7 Å². The predicted octanol–water partition coefficient (Wildman–Crippen LogP) is 3.95. The van der Waals surface area contributed by atoms with Gasteiger partial charge in [0.2, 0.25) is 5.95 Å². The normalized spacial score (nSPS) is 11.8. The number of hydrogen-bond acceptors (Lipinski definition) is 6. The zero-order chi connectivity index (χ0) is 20.8. The highest BCUT2D eigenvalue weighted by atomic mass is 19.3. The molecule has 29 heavy (non-hydrogen) atoms. The lowest BCUT2D eigenvalue weighted by Crippen LogP contribution is -2.21. The average molecular weight is 407 g/mol. The van der Waals surface area contributed by atoms with Crippen molar-refractivity contribution in [1.29, 1.82) is 0 Å². The summed E-state index contributed by atoms with van der Waals surface area (Å²) < 4.78 is 55.4. The third kappa shape index (κ3) is 5.37. The fraction of sp³-hybridized carbons (Fsp3) is 0.111. The first-order valence-corrected chi connectivity index (χ1v) is 8.12. The summed E-state index contributed by atoms with van der Waals surface area (Å²) in [5.74, 6) is -1.41. The van der Waals surface area contributed by atoms with Gasteiger partial charge in [0, 0.05) is 24.1 Å². The number of pyridine rings is 1. The smallest absolute Gasteiger partial charge is 0.304 e. The van der Waals surface area contributed by atoms with Gasteiger partial charge in [-0.05, 0) is 30.3 Å². The molecule has 1 amide bonds. The van der Waals surface area contributed by atoms with Crippen LogP contribution in [0.3, 0.4) is 0 Å². The molecule has 7 nitrogen and oxygen atoms in total. The van der Waals surface area contributed by atoms with Gasteiger partial charge in [-0.15, -0.1) is 0 Å². The van der Waals surface area contributed by atoms with Crippen molar-refractivity contribution in [3.63, 3.8) is 0 Å². The van der Waals surface area contributed by atoms with Crippen LogP contribution in [0.4, 0.5) is 34.9 Å². The first kappa shape index (κ1) is 20.0. The van der Waals surface area contributed by atoms with Gasteiger partial charge in [0.05, 0.1) is 6.20 Å². The van der Waals surface area contributed by atoms with Crippen molar-refractivity contribution in [2.45, 2.75) is 12.8 Å². The minimum Gasteiger partial charge on any atom is -0.452 e. The minimum absolute atomic E-state index is 0.0634. The van der Waals surface area contributed by atoms with E-state index in [4.69, 9.17) is 0 Å². The van der Waals surface area contributed by atoms with Crippen molar-refractivity contribution in [1.82, 2.24) is 15.0 Å². The molecule has 11 heteroatoms. The van der Waals surface area contributed by atoms with E-state index in [9.17, 15) is 22.4 Å². The minimum atomic E-state index is -3.35.